The van der Waals surface area contributed by atoms with Gasteiger partial charge in [0, 0.05) is 0 Å². The summed E-state index contributed by atoms with van der Waals surface area (Å²) in [6.45, 7) is 1.90. The summed E-state index contributed by atoms with van der Waals surface area (Å²) in [5.74, 6) is -0.299. The molecule has 0 fully saturated rings. The Labute approximate surface area is 98.5 Å². The van der Waals surface area contributed by atoms with Crippen LogP contribution in [0.2, 0.25) is 0 Å². The third kappa shape index (κ3) is 2.51. The van der Waals surface area contributed by atoms with Crippen LogP contribution in [0.3, 0.4) is 0 Å². The van der Waals surface area contributed by atoms with Crippen molar-refractivity contribution < 1.29 is 4.39 Å². The van der Waals surface area contributed by atoms with Crippen molar-refractivity contribution >= 4 is 38.1 Å². The minimum absolute atomic E-state index is 0.299. The number of benzene rings is 1. The Morgan fingerprint density at radius 2 is 2.20 bits per heavy atom. The van der Waals surface area contributed by atoms with E-state index in [0.29, 0.717) is 14.7 Å². The molecule has 2 aromatic rings. The Hall–Kier alpha value is -1.01. The Bertz CT molecular complexity index is 486. The standard InChI is InChI=1S/C9H7BrFN3S/c1-5-2-3-6(11)7(4-5)12-9-14-13-8(10)15-9/h2-4H,1H3,(H,12,14). The van der Waals surface area contributed by atoms with Crippen molar-refractivity contribution in [3.8, 4) is 0 Å². The van der Waals surface area contributed by atoms with E-state index in [1.54, 1.807) is 12.1 Å². The number of aryl methyl sites for hydroxylation is 1. The van der Waals surface area contributed by atoms with E-state index >= 15 is 0 Å². The van der Waals surface area contributed by atoms with Gasteiger partial charge in [0.25, 0.3) is 0 Å². The topological polar surface area (TPSA) is 37.8 Å². The summed E-state index contributed by atoms with van der Waals surface area (Å²) >= 11 is 4.50. The van der Waals surface area contributed by atoms with Gasteiger partial charge in [0.05, 0.1) is 5.69 Å². The molecule has 0 aliphatic heterocycles. The minimum atomic E-state index is -0.299. The zero-order valence-electron chi connectivity index (χ0n) is 7.79. The molecule has 0 aliphatic carbocycles. The molecule has 0 saturated carbocycles. The van der Waals surface area contributed by atoms with Crippen LogP contribution >= 0.6 is 27.3 Å². The van der Waals surface area contributed by atoms with Crippen LogP contribution in [0, 0.1) is 12.7 Å². The number of nitrogens with one attached hydrogen (secondary N) is 1. The number of anilines is 2. The molecule has 0 bridgehead atoms. The van der Waals surface area contributed by atoms with Crippen LogP contribution in [0.25, 0.3) is 0 Å². The van der Waals surface area contributed by atoms with Gasteiger partial charge in [-0.3, -0.25) is 0 Å². The third-order valence-electron chi connectivity index (χ3n) is 1.76. The van der Waals surface area contributed by atoms with E-state index in [9.17, 15) is 4.39 Å². The Morgan fingerprint density at radius 3 is 2.87 bits per heavy atom. The van der Waals surface area contributed by atoms with Crippen LogP contribution in [0.4, 0.5) is 15.2 Å². The first-order valence-electron chi connectivity index (χ1n) is 4.17. The van der Waals surface area contributed by atoms with Gasteiger partial charge in [-0.05, 0) is 40.5 Å². The monoisotopic (exact) mass is 287 g/mol. The van der Waals surface area contributed by atoms with Crippen LogP contribution in [0.1, 0.15) is 5.56 Å². The molecule has 0 aliphatic rings. The summed E-state index contributed by atoms with van der Waals surface area (Å²) < 4.78 is 14.0. The van der Waals surface area contributed by atoms with E-state index in [1.165, 1.54) is 17.4 Å². The number of hydrogen-bond acceptors (Lipinski definition) is 4. The van der Waals surface area contributed by atoms with Crippen molar-refractivity contribution in [2.45, 2.75) is 6.92 Å². The van der Waals surface area contributed by atoms with Crippen molar-refractivity contribution in [3.05, 3.63) is 33.5 Å². The fourth-order valence-electron chi connectivity index (χ4n) is 1.11. The van der Waals surface area contributed by atoms with Gasteiger partial charge in [0.2, 0.25) is 5.13 Å². The predicted octanol–water partition coefficient (Wildman–Crippen LogP) is 3.49. The average Bonchev–Trinajstić information content (AvgIpc) is 2.58. The lowest BCUT2D eigenvalue weighted by Gasteiger charge is -2.04. The van der Waals surface area contributed by atoms with Gasteiger partial charge in [0.15, 0.2) is 3.92 Å². The zero-order valence-corrected chi connectivity index (χ0v) is 10.2. The summed E-state index contributed by atoms with van der Waals surface area (Å²) in [5.41, 5.74) is 1.40. The van der Waals surface area contributed by atoms with Gasteiger partial charge in [-0.1, -0.05) is 17.4 Å². The highest BCUT2D eigenvalue weighted by Gasteiger charge is 2.05. The summed E-state index contributed by atoms with van der Waals surface area (Å²) in [6.07, 6.45) is 0. The highest BCUT2D eigenvalue weighted by atomic mass is 79.9. The molecule has 0 spiro atoms. The predicted molar refractivity (Wildman–Crippen MR) is 62.0 cm³/mol. The number of rotatable bonds is 2. The molecule has 1 aromatic carbocycles. The van der Waals surface area contributed by atoms with Crippen LogP contribution < -0.4 is 5.32 Å². The number of halogens is 2. The minimum Gasteiger partial charge on any atom is -0.328 e. The highest BCUT2D eigenvalue weighted by Crippen LogP contribution is 2.25. The van der Waals surface area contributed by atoms with Crippen molar-refractivity contribution in [1.29, 1.82) is 0 Å². The summed E-state index contributed by atoms with van der Waals surface area (Å²) in [4.78, 5) is 0. The van der Waals surface area contributed by atoms with Crippen molar-refractivity contribution in [1.82, 2.24) is 10.2 Å². The molecule has 2 rings (SSSR count). The molecule has 0 atom stereocenters. The average molecular weight is 288 g/mol. The largest absolute Gasteiger partial charge is 0.328 e. The first-order valence-corrected chi connectivity index (χ1v) is 5.78. The number of aromatic nitrogens is 2. The molecule has 1 aromatic heterocycles. The molecule has 3 nitrogen and oxygen atoms in total. The van der Waals surface area contributed by atoms with Gasteiger partial charge in [-0.2, -0.15) is 0 Å². The third-order valence-corrected chi connectivity index (χ3v) is 3.04. The smallest absolute Gasteiger partial charge is 0.210 e. The molecule has 0 saturated heterocycles. The fraction of sp³-hybridized carbons (Fsp3) is 0.111. The van der Waals surface area contributed by atoms with Gasteiger partial charge in [0.1, 0.15) is 5.82 Å². The normalized spacial score (nSPS) is 10.3. The van der Waals surface area contributed by atoms with Gasteiger partial charge in [-0.15, -0.1) is 10.2 Å². The maximum absolute atomic E-state index is 13.3. The lowest BCUT2D eigenvalue weighted by molar-refractivity contribution is 0.631. The lowest BCUT2D eigenvalue weighted by Crippen LogP contribution is -1.93. The summed E-state index contributed by atoms with van der Waals surface area (Å²) in [6, 6.07) is 4.87. The maximum Gasteiger partial charge on any atom is 0.210 e. The molecule has 0 unspecified atom stereocenters. The first kappa shape index (κ1) is 10.5. The summed E-state index contributed by atoms with van der Waals surface area (Å²) in [5, 5.41) is 11.0. The van der Waals surface area contributed by atoms with E-state index in [0.717, 1.165) is 5.56 Å². The van der Waals surface area contributed by atoms with E-state index in [4.69, 9.17) is 0 Å². The van der Waals surface area contributed by atoms with E-state index < -0.39 is 0 Å². The quantitative estimate of drug-likeness (QED) is 0.919. The highest BCUT2D eigenvalue weighted by molar-refractivity contribution is 9.11. The fourth-order valence-corrected chi connectivity index (χ4v) is 2.13. The molecule has 0 amide bonds. The Balaban J connectivity index is 2.27. The van der Waals surface area contributed by atoms with Crippen LogP contribution in [0.5, 0.6) is 0 Å². The molecule has 1 N–H and O–H groups in total. The van der Waals surface area contributed by atoms with Gasteiger partial charge < -0.3 is 5.32 Å². The SMILES string of the molecule is Cc1ccc(F)c(Nc2nnc(Br)s2)c1. The second-order valence-electron chi connectivity index (χ2n) is 2.97. The Kier molecular flexibility index (Phi) is 2.97. The van der Waals surface area contributed by atoms with Crippen LogP contribution in [-0.2, 0) is 0 Å². The molecule has 15 heavy (non-hydrogen) atoms. The molecular weight excluding hydrogens is 281 g/mol. The lowest BCUT2D eigenvalue weighted by atomic mass is 10.2. The second-order valence-corrected chi connectivity index (χ2v) is 5.22. The maximum atomic E-state index is 13.3. The summed E-state index contributed by atoms with van der Waals surface area (Å²) in [7, 11) is 0. The first-order chi connectivity index (χ1) is 7.15. The number of hydrogen-bond donors (Lipinski definition) is 1. The zero-order chi connectivity index (χ0) is 10.8. The molecule has 78 valence electrons. The molecule has 6 heteroatoms. The molecule has 1 heterocycles. The van der Waals surface area contributed by atoms with Crippen LogP contribution in [-0.4, -0.2) is 10.2 Å². The molecular formula is C9H7BrFN3S. The second kappa shape index (κ2) is 4.24. The van der Waals surface area contributed by atoms with Crippen LogP contribution in [0.15, 0.2) is 22.1 Å². The van der Waals surface area contributed by atoms with Crippen molar-refractivity contribution in [2.24, 2.45) is 0 Å². The van der Waals surface area contributed by atoms with Crippen molar-refractivity contribution in [3.63, 3.8) is 0 Å². The van der Waals surface area contributed by atoms with E-state index in [2.05, 4.69) is 31.4 Å². The number of nitrogens with zero attached hydrogens (tertiary/aromatic N) is 2. The molecule has 0 radical (unpaired) electrons. The van der Waals surface area contributed by atoms with E-state index in [-0.39, 0.29) is 5.82 Å². The van der Waals surface area contributed by atoms with Crippen molar-refractivity contribution in [2.75, 3.05) is 5.32 Å². The van der Waals surface area contributed by atoms with E-state index in [1.807, 2.05) is 6.92 Å². The van der Waals surface area contributed by atoms with Gasteiger partial charge >= 0.3 is 0 Å². The Morgan fingerprint density at radius 1 is 1.40 bits per heavy atom. The van der Waals surface area contributed by atoms with Gasteiger partial charge in [-0.25, -0.2) is 4.39 Å².